The third-order valence-electron chi connectivity index (χ3n) is 3.42. The highest BCUT2D eigenvalue weighted by atomic mass is 16.4. The Balaban J connectivity index is 2.03. The van der Waals surface area contributed by atoms with E-state index in [0.29, 0.717) is 19.5 Å². The SMILES string of the molecule is O=C(O)N1CCC(n2c(=O)[nH]c3ccccc32)C1. The Kier molecular flexibility index (Phi) is 2.36. The van der Waals surface area contributed by atoms with Gasteiger partial charge in [-0.2, -0.15) is 0 Å². The lowest BCUT2D eigenvalue weighted by Gasteiger charge is -2.13. The molecule has 1 amide bonds. The monoisotopic (exact) mass is 247 g/mol. The molecule has 6 nitrogen and oxygen atoms in total. The number of likely N-dealkylation sites (tertiary alicyclic amines) is 1. The first-order valence-corrected chi connectivity index (χ1v) is 5.84. The molecule has 1 aromatic carbocycles. The number of hydrogen-bond acceptors (Lipinski definition) is 2. The van der Waals surface area contributed by atoms with Gasteiger partial charge in [0.15, 0.2) is 0 Å². The molecule has 0 spiro atoms. The van der Waals surface area contributed by atoms with E-state index >= 15 is 0 Å². The standard InChI is InChI=1S/C12H13N3O3/c16-11-13-9-3-1-2-4-10(9)15(11)8-5-6-14(7-8)12(17)18/h1-4,8H,5-7H2,(H,13,16)(H,17,18). The van der Waals surface area contributed by atoms with Crippen molar-refractivity contribution in [1.29, 1.82) is 0 Å². The largest absolute Gasteiger partial charge is 0.465 e. The number of benzene rings is 1. The predicted molar refractivity (Wildman–Crippen MR) is 65.8 cm³/mol. The molecule has 0 saturated carbocycles. The third-order valence-corrected chi connectivity index (χ3v) is 3.42. The van der Waals surface area contributed by atoms with Gasteiger partial charge in [0.2, 0.25) is 0 Å². The number of H-pyrrole nitrogens is 1. The highest BCUT2D eigenvalue weighted by Gasteiger charge is 2.29. The van der Waals surface area contributed by atoms with Crippen LogP contribution in [0.2, 0.25) is 0 Å². The molecule has 0 radical (unpaired) electrons. The van der Waals surface area contributed by atoms with Crippen LogP contribution in [0.25, 0.3) is 11.0 Å². The summed E-state index contributed by atoms with van der Waals surface area (Å²) in [6.07, 6.45) is -0.251. The summed E-state index contributed by atoms with van der Waals surface area (Å²) in [7, 11) is 0. The van der Waals surface area contributed by atoms with Crippen LogP contribution in [-0.4, -0.2) is 38.7 Å². The molecular formula is C12H13N3O3. The fourth-order valence-corrected chi connectivity index (χ4v) is 2.56. The summed E-state index contributed by atoms with van der Waals surface area (Å²) < 4.78 is 1.66. The average Bonchev–Trinajstić information content (AvgIpc) is 2.91. The van der Waals surface area contributed by atoms with Crippen LogP contribution in [0.3, 0.4) is 0 Å². The summed E-state index contributed by atoms with van der Waals surface area (Å²) in [5.74, 6) is 0. The van der Waals surface area contributed by atoms with E-state index in [1.54, 1.807) is 4.57 Å². The van der Waals surface area contributed by atoms with E-state index in [1.807, 2.05) is 24.3 Å². The maximum Gasteiger partial charge on any atom is 0.407 e. The molecule has 0 bridgehead atoms. The number of aromatic nitrogens is 2. The Morgan fingerprint density at radius 1 is 1.39 bits per heavy atom. The first kappa shape index (κ1) is 10.9. The maximum atomic E-state index is 11.9. The Morgan fingerprint density at radius 2 is 2.17 bits per heavy atom. The van der Waals surface area contributed by atoms with E-state index in [4.69, 9.17) is 5.11 Å². The minimum atomic E-state index is -0.926. The topological polar surface area (TPSA) is 78.3 Å². The van der Waals surface area contributed by atoms with E-state index in [9.17, 15) is 9.59 Å². The van der Waals surface area contributed by atoms with Gasteiger partial charge >= 0.3 is 11.8 Å². The van der Waals surface area contributed by atoms with Gasteiger partial charge in [-0.15, -0.1) is 0 Å². The first-order valence-electron chi connectivity index (χ1n) is 5.84. The Labute approximate surface area is 102 Å². The van der Waals surface area contributed by atoms with Crippen LogP contribution in [0.1, 0.15) is 12.5 Å². The van der Waals surface area contributed by atoms with Crippen LogP contribution in [0.4, 0.5) is 4.79 Å². The molecule has 1 atom stereocenters. The zero-order chi connectivity index (χ0) is 12.7. The molecule has 6 heteroatoms. The molecule has 18 heavy (non-hydrogen) atoms. The normalized spacial score (nSPS) is 19.6. The van der Waals surface area contributed by atoms with Crippen molar-refractivity contribution in [1.82, 2.24) is 14.5 Å². The molecule has 1 unspecified atom stereocenters. The number of para-hydroxylation sites is 2. The molecule has 2 N–H and O–H groups in total. The minimum absolute atomic E-state index is 0.0789. The molecule has 1 saturated heterocycles. The highest BCUT2D eigenvalue weighted by molar-refractivity contribution is 5.75. The van der Waals surface area contributed by atoms with E-state index < -0.39 is 6.09 Å². The summed E-state index contributed by atoms with van der Waals surface area (Å²) in [5.41, 5.74) is 1.45. The Hall–Kier alpha value is -2.24. The second-order valence-electron chi connectivity index (χ2n) is 4.49. The van der Waals surface area contributed by atoms with Crippen molar-refractivity contribution in [2.75, 3.05) is 13.1 Å². The molecule has 0 aliphatic carbocycles. The van der Waals surface area contributed by atoms with Gasteiger partial charge < -0.3 is 15.0 Å². The number of nitrogens with one attached hydrogen (secondary N) is 1. The van der Waals surface area contributed by atoms with Crippen LogP contribution in [0, 0.1) is 0 Å². The highest BCUT2D eigenvalue weighted by Crippen LogP contribution is 2.23. The number of hydrogen-bond donors (Lipinski definition) is 2. The predicted octanol–water partition coefficient (Wildman–Crippen LogP) is 1.25. The third kappa shape index (κ3) is 1.57. The number of aromatic amines is 1. The van der Waals surface area contributed by atoms with Crippen LogP contribution in [0.15, 0.2) is 29.1 Å². The second-order valence-corrected chi connectivity index (χ2v) is 4.49. The first-order chi connectivity index (χ1) is 8.66. The number of carboxylic acid groups (broad SMARTS) is 1. The van der Waals surface area contributed by atoms with Gasteiger partial charge in [-0.3, -0.25) is 4.57 Å². The molecule has 3 rings (SSSR count). The lowest BCUT2D eigenvalue weighted by molar-refractivity contribution is 0.154. The van der Waals surface area contributed by atoms with Crippen molar-refractivity contribution in [2.45, 2.75) is 12.5 Å². The molecule has 1 aliphatic rings. The van der Waals surface area contributed by atoms with Crippen LogP contribution >= 0.6 is 0 Å². The van der Waals surface area contributed by atoms with Crippen molar-refractivity contribution >= 4 is 17.1 Å². The van der Waals surface area contributed by atoms with Crippen molar-refractivity contribution in [3.8, 4) is 0 Å². The molecule has 1 aliphatic heterocycles. The molecule has 2 heterocycles. The molecule has 1 fully saturated rings. The summed E-state index contributed by atoms with van der Waals surface area (Å²) in [6.45, 7) is 0.850. The number of amides is 1. The summed E-state index contributed by atoms with van der Waals surface area (Å²) in [5, 5.41) is 8.94. The minimum Gasteiger partial charge on any atom is -0.465 e. The Morgan fingerprint density at radius 3 is 2.89 bits per heavy atom. The van der Waals surface area contributed by atoms with Crippen molar-refractivity contribution < 1.29 is 9.90 Å². The lowest BCUT2D eigenvalue weighted by Crippen LogP contribution is -2.29. The number of imidazole rings is 1. The molecule has 1 aromatic heterocycles. The zero-order valence-electron chi connectivity index (χ0n) is 9.67. The summed E-state index contributed by atoms with van der Waals surface area (Å²) in [4.78, 5) is 27.0. The van der Waals surface area contributed by atoms with E-state index in [-0.39, 0.29) is 11.7 Å². The number of carbonyl (C=O) groups is 1. The van der Waals surface area contributed by atoms with Gasteiger partial charge in [-0.05, 0) is 18.6 Å². The van der Waals surface area contributed by atoms with E-state index in [1.165, 1.54) is 4.90 Å². The van der Waals surface area contributed by atoms with Gasteiger partial charge in [0, 0.05) is 13.1 Å². The molecular weight excluding hydrogens is 234 g/mol. The van der Waals surface area contributed by atoms with Crippen LogP contribution in [0.5, 0.6) is 0 Å². The second kappa shape index (κ2) is 3.90. The average molecular weight is 247 g/mol. The lowest BCUT2D eigenvalue weighted by atomic mass is 10.2. The fourth-order valence-electron chi connectivity index (χ4n) is 2.56. The van der Waals surface area contributed by atoms with Gasteiger partial charge in [0.25, 0.3) is 0 Å². The van der Waals surface area contributed by atoms with Crippen molar-refractivity contribution in [3.63, 3.8) is 0 Å². The number of rotatable bonds is 1. The molecule has 94 valence electrons. The molecule has 2 aromatic rings. The van der Waals surface area contributed by atoms with Gasteiger partial charge in [-0.1, -0.05) is 12.1 Å². The van der Waals surface area contributed by atoms with Crippen molar-refractivity contribution in [3.05, 3.63) is 34.7 Å². The van der Waals surface area contributed by atoms with E-state index in [0.717, 1.165) is 11.0 Å². The number of fused-ring (bicyclic) bond motifs is 1. The smallest absolute Gasteiger partial charge is 0.407 e. The number of nitrogens with zero attached hydrogens (tertiary/aromatic N) is 2. The zero-order valence-corrected chi connectivity index (χ0v) is 9.67. The van der Waals surface area contributed by atoms with Crippen LogP contribution < -0.4 is 5.69 Å². The summed E-state index contributed by atoms with van der Waals surface area (Å²) in [6, 6.07) is 7.37. The Bertz CT molecular complexity index is 658. The van der Waals surface area contributed by atoms with Gasteiger partial charge in [0.05, 0.1) is 17.1 Å². The maximum absolute atomic E-state index is 11.9. The van der Waals surface area contributed by atoms with Crippen LogP contribution in [-0.2, 0) is 0 Å². The van der Waals surface area contributed by atoms with E-state index in [2.05, 4.69) is 4.98 Å². The quantitative estimate of drug-likeness (QED) is 0.796. The van der Waals surface area contributed by atoms with Gasteiger partial charge in [0.1, 0.15) is 0 Å². The van der Waals surface area contributed by atoms with Crippen molar-refractivity contribution in [2.24, 2.45) is 0 Å². The fraction of sp³-hybridized carbons (Fsp3) is 0.333. The van der Waals surface area contributed by atoms with Gasteiger partial charge in [-0.25, -0.2) is 9.59 Å². The summed E-state index contributed by atoms with van der Waals surface area (Å²) >= 11 is 0.